The molecule has 28 heavy (non-hydrogen) atoms. The van der Waals surface area contributed by atoms with Crippen LogP contribution in [0, 0.1) is 0 Å². The van der Waals surface area contributed by atoms with Gasteiger partial charge in [0.05, 0.1) is 34.6 Å². The molecule has 2 N–H and O–H groups in total. The number of esters is 1. The highest BCUT2D eigenvalue weighted by Crippen LogP contribution is 2.20. The molecular formula is C21H18ClN3O3. The van der Waals surface area contributed by atoms with E-state index >= 15 is 0 Å². The monoisotopic (exact) mass is 395 g/mol. The topological polar surface area (TPSA) is 80.3 Å². The molecule has 3 aromatic rings. The first kappa shape index (κ1) is 19.4. The fourth-order valence-corrected chi connectivity index (χ4v) is 2.66. The van der Waals surface area contributed by atoms with E-state index < -0.39 is 0 Å². The average Bonchev–Trinajstić information content (AvgIpc) is 2.70. The summed E-state index contributed by atoms with van der Waals surface area (Å²) < 4.78 is 4.96. The second kappa shape index (κ2) is 9.01. The number of aromatic nitrogens is 1. The lowest BCUT2D eigenvalue weighted by Crippen LogP contribution is -2.13. The molecule has 0 spiro atoms. The number of hydrogen-bond donors (Lipinski definition) is 2. The minimum absolute atomic E-state index is 0.326. The molecule has 0 fully saturated rings. The molecule has 0 atom stereocenters. The maximum absolute atomic E-state index is 12.3. The molecule has 0 saturated heterocycles. The Morgan fingerprint density at radius 3 is 2.36 bits per heavy atom. The van der Waals surface area contributed by atoms with Crippen molar-refractivity contribution in [3.63, 3.8) is 0 Å². The average molecular weight is 396 g/mol. The van der Waals surface area contributed by atoms with Crippen LogP contribution in [0.3, 0.4) is 0 Å². The van der Waals surface area contributed by atoms with E-state index in [-0.39, 0.29) is 11.9 Å². The zero-order valence-electron chi connectivity index (χ0n) is 15.1. The van der Waals surface area contributed by atoms with E-state index in [1.54, 1.807) is 73.8 Å². The summed E-state index contributed by atoms with van der Waals surface area (Å²) in [5.41, 5.74) is 2.40. The van der Waals surface area contributed by atoms with Crippen LogP contribution < -0.4 is 10.6 Å². The number of anilines is 3. The molecule has 0 saturated carbocycles. The van der Waals surface area contributed by atoms with Crippen LogP contribution in [0.4, 0.5) is 17.2 Å². The first-order valence-electron chi connectivity index (χ1n) is 8.63. The van der Waals surface area contributed by atoms with Gasteiger partial charge in [-0.3, -0.25) is 4.79 Å². The highest BCUT2D eigenvalue weighted by Gasteiger charge is 2.10. The van der Waals surface area contributed by atoms with Gasteiger partial charge in [0.1, 0.15) is 5.82 Å². The molecule has 0 bridgehead atoms. The number of amides is 1. The fraction of sp³-hybridized carbons (Fsp3) is 0.0952. The molecule has 7 heteroatoms. The largest absolute Gasteiger partial charge is 0.462 e. The molecule has 0 aliphatic rings. The number of ether oxygens (including phenoxy) is 1. The van der Waals surface area contributed by atoms with Crippen LogP contribution in [0.15, 0.2) is 66.9 Å². The number of nitrogens with one attached hydrogen (secondary N) is 2. The summed E-state index contributed by atoms with van der Waals surface area (Å²) in [7, 11) is 0. The minimum atomic E-state index is -0.352. The maximum Gasteiger partial charge on any atom is 0.338 e. The third-order valence-electron chi connectivity index (χ3n) is 3.81. The zero-order valence-corrected chi connectivity index (χ0v) is 15.9. The van der Waals surface area contributed by atoms with Crippen molar-refractivity contribution >= 4 is 40.7 Å². The highest BCUT2D eigenvalue weighted by molar-refractivity contribution is 6.34. The predicted molar refractivity (Wildman–Crippen MR) is 109 cm³/mol. The second-order valence-corrected chi connectivity index (χ2v) is 6.20. The van der Waals surface area contributed by atoms with E-state index in [0.29, 0.717) is 28.6 Å². The summed E-state index contributed by atoms with van der Waals surface area (Å²) in [5, 5.41) is 6.26. The van der Waals surface area contributed by atoms with Gasteiger partial charge in [-0.2, -0.15) is 0 Å². The summed E-state index contributed by atoms with van der Waals surface area (Å²) in [4.78, 5) is 28.2. The van der Waals surface area contributed by atoms with Gasteiger partial charge in [-0.05, 0) is 55.5 Å². The molecule has 3 rings (SSSR count). The van der Waals surface area contributed by atoms with Gasteiger partial charge in [0.25, 0.3) is 5.91 Å². The van der Waals surface area contributed by atoms with Crippen LogP contribution in [0.1, 0.15) is 27.6 Å². The van der Waals surface area contributed by atoms with E-state index in [0.717, 1.165) is 11.4 Å². The number of carbonyl (C=O) groups is 2. The van der Waals surface area contributed by atoms with Gasteiger partial charge in [-0.25, -0.2) is 9.78 Å². The molecule has 142 valence electrons. The van der Waals surface area contributed by atoms with Crippen molar-refractivity contribution < 1.29 is 14.3 Å². The maximum atomic E-state index is 12.3. The SMILES string of the molecule is CCOC(=O)c1ccc(Nc2ccc(NC(=O)c3ccccc3Cl)nc2)cc1. The molecule has 1 heterocycles. The van der Waals surface area contributed by atoms with Gasteiger partial charge in [0.15, 0.2) is 0 Å². The lowest BCUT2D eigenvalue weighted by molar-refractivity contribution is 0.0526. The lowest BCUT2D eigenvalue weighted by Gasteiger charge is -2.09. The second-order valence-electron chi connectivity index (χ2n) is 5.79. The van der Waals surface area contributed by atoms with Crippen molar-refractivity contribution in [2.24, 2.45) is 0 Å². The Labute approximate surface area is 167 Å². The van der Waals surface area contributed by atoms with Gasteiger partial charge in [-0.1, -0.05) is 23.7 Å². The van der Waals surface area contributed by atoms with Crippen LogP contribution in [-0.2, 0) is 4.74 Å². The fourth-order valence-electron chi connectivity index (χ4n) is 2.44. The third kappa shape index (κ3) is 4.86. The van der Waals surface area contributed by atoms with Crippen LogP contribution in [0.25, 0.3) is 0 Å². The Morgan fingerprint density at radius 1 is 1.00 bits per heavy atom. The molecule has 0 unspecified atom stereocenters. The number of rotatable bonds is 6. The van der Waals surface area contributed by atoms with Crippen molar-refractivity contribution in [2.45, 2.75) is 6.92 Å². The Hall–Kier alpha value is -3.38. The first-order chi connectivity index (χ1) is 13.6. The third-order valence-corrected chi connectivity index (χ3v) is 4.14. The first-order valence-corrected chi connectivity index (χ1v) is 9.00. The molecule has 1 aromatic heterocycles. The lowest BCUT2D eigenvalue weighted by atomic mass is 10.2. The van der Waals surface area contributed by atoms with E-state index in [2.05, 4.69) is 15.6 Å². The van der Waals surface area contributed by atoms with E-state index in [4.69, 9.17) is 16.3 Å². The highest BCUT2D eigenvalue weighted by atomic mass is 35.5. The van der Waals surface area contributed by atoms with Gasteiger partial charge in [0, 0.05) is 5.69 Å². The summed E-state index contributed by atoms with van der Waals surface area (Å²) >= 11 is 6.03. The Bertz CT molecular complexity index is 973. The Kier molecular flexibility index (Phi) is 6.24. The van der Waals surface area contributed by atoms with Crippen LogP contribution in [0.5, 0.6) is 0 Å². The van der Waals surface area contributed by atoms with Gasteiger partial charge < -0.3 is 15.4 Å². The van der Waals surface area contributed by atoms with E-state index in [1.165, 1.54) is 0 Å². The minimum Gasteiger partial charge on any atom is -0.462 e. The van der Waals surface area contributed by atoms with E-state index in [9.17, 15) is 9.59 Å². The Balaban J connectivity index is 1.62. The van der Waals surface area contributed by atoms with Gasteiger partial charge in [-0.15, -0.1) is 0 Å². The Morgan fingerprint density at radius 2 is 1.71 bits per heavy atom. The number of benzene rings is 2. The van der Waals surface area contributed by atoms with Gasteiger partial charge >= 0.3 is 5.97 Å². The van der Waals surface area contributed by atoms with Crippen molar-refractivity contribution in [3.8, 4) is 0 Å². The molecule has 2 aromatic carbocycles. The van der Waals surface area contributed by atoms with Crippen molar-refractivity contribution in [1.29, 1.82) is 0 Å². The van der Waals surface area contributed by atoms with Crippen molar-refractivity contribution in [2.75, 3.05) is 17.2 Å². The molecule has 0 radical (unpaired) electrons. The number of halogens is 1. The van der Waals surface area contributed by atoms with Crippen LogP contribution >= 0.6 is 11.6 Å². The quantitative estimate of drug-likeness (QED) is 0.580. The number of hydrogen-bond acceptors (Lipinski definition) is 5. The summed E-state index contributed by atoms with van der Waals surface area (Å²) in [5.74, 6) is -0.268. The zero-order chi connectivity index (χ0) is 19.9. The summed E-state index contributed by atoms with van der Waals surface area (Å²) in [6.45, 7) is 2.10. The standard InChI is InChI=1S/C21H18ClN3O3/c1-2-28-21(27)14-7-9-15(10-8-14)24-16-11-12-19(23-13-16)25-20(26)17-5-3-4-6-18(17)22/h3-13,24H,2H2,1H3,(H,23,25,26). The van der Waals surface area contributed by atoms with Crippen LogP contribution in [0.2, 0.25) is 5.02 Å². The predicted octanol–water partition coefficient (Wildman–Crippen LogP) is 4.91. The normalized spacial score (nSPS) is 10.2. The van der Waals surface area contributed by atoms with Gasteiger partial charge in [0.2, 0.25) is 0 Å². The summed E-state index contributed by atoms with van der Waals surface area (Å²) in [6, 6.07) is 17.2. The van der Waals surface area contributed by atoms with Crippen molar-refractivity contribution in [3.05, 3.63) is 83.0 Å². The molecule has 0 aliphatic heterocycles. The molecule has 1 amide bonds. The molecule has 6 nitrogen and oxygen atoms in total. The smallest absolute Gasteiger partial charge is 0.338 e. The number of pyridine rings is 1. The van der Waals surface area contributed by atoms with E-state index in [1.807, 2.05) is 0 Å². The van der Waals surface area contributed by atoms with Crippen LogP contribution in [-0.4, -0.2) is 23.5 Å². The molecule has 0 aliphatic carbocycles. The van der Waals surface area contributed by atoms with Crippen molar-refractivity contribution in [1.82, 2.24) is 4.98 Å². The summed E-state index contributed by atoms with van der Waals surface area (Å²) in [6.07, 6.45) is 1.60. The number of carbonyl (C=O) groups excluding carboxylic acids is 2. The molecular weight excluding hydrogens is 378 g/mol. The number of nitrogens with zero attached hydrogens (tertiary/aromatic N) is 1.